The molecule has 1 aromatic rings. The highest BCUT2D eigenvalue weighted by molar-refractivity contribution is 5.94. The Morgan fingerprint density at radius 1 is 1.50 bits per heavy atom. The first-order valence-corrected chi connectivity index (χ1v) is 5.67. The molecule has 1 amide bonds. The Bertz CT molecular complexity index is 486. The van der Waals surface area contributed by atoms with Crippen LogP contribution in [0.15, 0.2) is 18.3 Å². The Morgan fingerprint density at radius 3 is 2.72 bits per heavy atom. The van der Waals surface area contributed by atoms with Crippen molar-refractivity contribution >= 4 is 11.9 Å². The zero-order valence-corrected chi connectivity index (χ0v) is 9.65. The van der Waals surface area contributed by atoms with Crippen molar-refractivity contribution in [2.75, 3.05) is 6.54 Å². The number of carboxylic acids is 1. The highest BCUT2D eigenvalue weighted by atomic mass is 19.1. The summed E-state index contributed by atoms with van der Waals surface area (Å²) in [5.74, 6) is -2.11. The van der Waals surface area contributed by atoms with Gasteiger partial charge in [-0.3, -0.25) is 9.59 Å². The standard InChI is InChI=1S/C12H13FN2O3/c13-9-6-8(2-5-14-9)10(16)15-7-12(11(17)18)3-1-4-12/h2,5-6H,1,3-4,7H2,(H,15,16)(H,17,18). The molecule has 2 N–H and O–H groups in total. The summed E-state index contributed by atoms with van der Waals surface area (Å²) >= 11 is 0. The quantitative estimate of drug-likeness (QED) is 0.789. The maximum atomic E-state index is 12.8. The first-order chi connectivity index (χ1) is 8.53. The molecule has 1 aromatic heterocycles. The van der Waals surface area contributed by atoms with Gasteiger partial charge in [0.15, 0.2) is 0 Å². The molecule has 96 valence electrons. The van der Waals surface area contributed by atoms with Gasteiger partial charge in [0.25, 0.3) is 5.91 Å². The fourth-order valence-corrected chi connectivity index (χ4v) is 1.97. The number of amides is 1. The lowest BCUT2D eigenvalue weighted by molar-refractivity contribution is -0.153. The van der Waals surface area contributed by atoms with Gasteiger partial charge in [-0.15, -0.1) is 0 Å². The SMILES string of the molecule is O=C(NCC1(C(=O)O)CCC1)c1ccnc(F)c1. The van der Waals surface area contributed by atoms with Crippen LogP contribution in [0.3, 0.4) is 0 Å². The number of nitrogens with zero attached hydrogens (tertiary/aromatic N) is 1. The third-order valence-electron chi connectivity index (χ3n) is 3.34. The minimum Gasteiger partial charge on any atom is -0.481 e. The molecule has 0 saturated heterocycles. The number of hydrogen-bond acceptors (Lipinski definition) is 3. The molecule has 6 heteroatoms. The lowest BCUT2D eigenvalue weighted by Gasteiger charge is -2.37. The van der Waals surface area contributed by atoms with Crippen molar-refractivity contribution in [3.63, 3.8) is 0 Å². The van der Waals surface area contributed by atoms with Crippen LogP contribution in [0.1, 0.15) is 29.6 Å². The smallest absolute Gasteiger partial charge is 0.311 e. The topological polar surface area (TPSA) is 79.3 Å². The summed E-state index contributed by atoms with van der Waals surface area (Å²) < 4.78 is 12.8. The first kappa shape index (κ1) is 12.5. The summed E-state index contributed by atoms with van der Waals surface area (Å²) in [6.45, 7) is 0.0745. The number of carbonyl (C=O) groups is 2. The van der Waals surface area contributed by atoms with Crippen LogP contribution in [0.5, 0.6) is 0 Å². The lowest BCUT2D eigenvalue weighted by Crippen LogP contribution is -2.47. The van der Waals surface area contributed by atoms with Crippen molar-refractivity contribution in [2.45, 2.75) is 19.3 Å². The van der Waals surface area contributed by atoms with Crippen LogP contribution < -0.4 is 5.32 Å². The van der Waals surface area contributed by atoms with Crippen molar-refractivity contribution in [3.05, 3.63) is 29.8 Å². The maximum absolute atomic E-state index is 12.8. The molecular weight excluding hydrogens is 239 g/mol. The van der Waals surface area contributed by atoms with Gasteiger partial charge in [-0.2, -0.15) is 4.39 Å². The number of rotatable bonds is 4. The molecule has 0 unspecified atom stereocenters. The predicted molar refractivity (Wildman–Crippen MR) is 60.4 cm³/mol. The summed E-state index contributed by atoms with van der Waals surface area (Å²) in [5.41, 5.74) is -0.705. The van der Waals surface area contributed by atoms with Crippen molar-refractivity contribution < 1.29 is 19.1 Å². The highest BCUT2D eigenvalue weighted by Gasteiger charge is 2.44. The average molecular weight is 252 g/mol. The van der Waals surface area contributed by atoms with Crippen LogP contribution >= 0.6 is 0 Å². The van der Waals surface area contributed by atoms with E-state index in [9.17, 15) is 14.0 Å². The summed E-state index contributed by atoms with van der Waals surface area (Å²) in [6, 6.07) is 2.40. The lowest BCUT2D eigenvalue weighted by atomic mass is 9.69. The van der Waals surface area contributed by atoms with E-state index in [-0.39, 0.29) is 12.1 Å². The van der Waals surface area contributed by atoms with E-state index in [0.29, 0.717) is 12.8 Å². The molecule has 1 aliphatic rings. The normalized spacial score (nSPS) is 16.7. The third kappa shape index (κ3) is 2.32. The molecular formula is C12H13FN2O3. The van der Waals surface area contributed by atoms with E-state index in [0.717, 1.165) is 12.5 Å². The number of carbonyl (C=O) groups excluding carboxylic acids is 1. The van der Waals surface area contributed by atoms with Crippen LogP contribution in [-0.4, -0.2) is 28.5 Å². The second kappa shape index (κ2) is 4.72. The predicted octanol–water partition coefficient (Wildman–Crippen LogP) is 1.21. The van der Waals surface area contributed by atoms with Crippen LogP contribution in [0.25, 0.3) is 0 Å². The molecule has 1 fully saturated rings. The number of nitrogens with one attached hydrogen (secondary N) is 1. The molecule has 2 rings (SSSR count). The number of aromatic nitrogens is 1. The van der Waals surface area contributed by atoms with Crippen molar-refractivity contribution in [3.8, 4) is 0 Å². The fourth-order valence-electron chi connectivity index (χ4n) is 1.97. The zero-order valence-electron chi connectivity index (χ0n) is 9.65. The van der Waals surface area contributed by atoms with Crippen LogP contribution in [0.2, 0.25) is 0 Å². The first-order valence-electron chi connectivity index (χ1n) is 5.67. The minimum absolute atomic E-state index is 0.0745. The molecule has 1 heterocycles. The van der Waals surface area contributed by atoms with Gasteiger partial charge < -0.3 is 10.4 Å². The van der Waals surface area contributed by atoms with E-state index in [4.69, 9.17) is 5.11 Å². The van der Waals surface area contributed by atoms with Crippen LogP contribution in [-0.2, 0) is 4.79 Å². The van der Waals surface area contributed by atoms with Gasteiger partial charge in [0.05, 0.1) is 5.41 Å². The number of aliphatic carboxylic acids is 1. The summed E-state index contributed by atoms with van der Waals surface area (Å²) in [7, 11) is 0. The van der Waals surface area contributed by atoms with Crippen molar-refractivity contribution in [2.24, 2.45) is 5.41 Å². The Labute approximate surface area is 103 Å². The number of halogens is 1. The molecule has 0 bridgehead atoms. The van der Waals surface area contributed by atoms with E-state index >= 15 is 0 Å². The van der Waals surface area contributed by atoms with Gasteiger partial charge in [0.2, 0.25) is 5.95 Å². The second-order valence-corrected chi connectivity index (χ2v) is 4.49. The Hall–Kier alpha value is -1.98. The van der Waals surface area contributed by atoms with Crippen molar-refractivity contribution in [1.82, 2.24) is 10.3 Å². The van der Waals surface area contributed by atoms with E-state index in [1.807, 2.05) is 0 Å². The Morgan fingerprint density at radius 2 is 2.22 bits per heavy atom. The molecule has 0 radical (unpaired) electrons. The molecule has 1 aliphatic carbocycles. The number of carboxylic acid groups (broad SMARTS) is 1. The maximum Gasteiger partial charge on any atom is 0.311 e. The summed E-state index contributed by atoms with van der Waals surface area (Å²) in [4.78, 5) is 26.1. The zero-order chi connectivity index (χ0) is 13.2. The molecule has 0 atom stereocenters. The third-order valence-corrected chi connectivity index (χ3v) is 3.34. The van der Waals surface area contributed by atoms with Gasteiger partial charge in [0.1, 0.15) is 0 Å². The molecule has 0 spiro atoms. The highest BCUT2D eigenvalue weighted by Crippen LogP contribution is 2.40. The number of hydrogen-bond donors (Lipinski definition) is 2. The number of pyridine rings is 1. The van der Waals surface area contributed by atoms with E-state index < -0.39 is 23.2 Å². The van der Waals surface area contributed by atoms with Gasteiger partial charge in [0, 0.05) is 24.4 Å². The van der Waals surface area contributed by atoms with Crippen LogP contribution in [0.4, 0.5) is 4.39 Å². The van der Waals surface area contributed by atoms with Crippen LogP contribution in [0, 0.1) is 11.4 Å². The van der Waals surface area contributed by atoms with Gasteiger partial charge in [-0.05, 0) is 18.9 Å². The molecule has 0 aliphatic heterocycles. The summed E-state index contributed by atoms with van der Waals surface area (Å²) in [6.07, 6.45) is 3.17. The second-order valence-electron chi connectivity index (χ2n) is 4.49. The van der Waals surface area contributed by atoms with Crippen molar-refractivity contribution in [1.29, 1.82) is 0 Å². The monoisotopic (exact) mass is 252 g/mol. The van der Waals surface area contributed by atoms with E-state index in [2.05, 4.69) is 10.3 Å². The Balaban J connectivity index is 1.98. The van der Waals surface area contributed by atoms with Gasteiger partial charge in [-0.1, -0.05) is 6.42 Å². The van der Waals surface area contributed by atoms with E-state index in [1.165, 1.54) is 12.3 Å². The summed E-state index contributed by atoms with van der Waals surface area (Å²) in [5, 5.41) is 11.6. The molecule has 0 aromatic carbocycles. The molecule has 5 nitrogen and oxygen atoms in total. The minimum atomic E-state index is -0.894. The largest absolute Gasteiger partial charge is 0.481 e. The fraction of sp³-hybridized carbons (Fsp3) is 0.417. The molecule has 1 saturated carbocycles. The molecule has 18 heavy (non-hydrogen) atoms. The Kier molecular flexibility index (Phi) is 3.27. The van der Waals surface area contributed by atoms with Gasteiger partial charge in [-0.25, -0.2) is 4.98 Å². The average Bonchev–Trinajstić information content (AvgIpc) is 2.26. The van der Waals surface area contributed by atoms with Gasteiger partial charge >= 0.3 is 5.97 Å². The van der Waals surface area contributed by atoms with E-state index in [1.54, 1.807) is 0 Å².